The van der Waals surface area contributed by atoms with Gasteiger partial charge in [-0.2, -0.15) is 0 Å². The molecule has 0 saturated carbocycles. The molecule has 1 aromatic heterocycles. The molecule has 4 heteroatoms. The first kappa shape index (κ1) is 16.8. The molecule has 138 valence electrons. The normalized spacial score (nSPS) is 12.8. The molecule has 1 aliphatic carbocycles. The molecule has 0 spiro atoms. The van der Waals surface area contributed by atoms with Crippen LogP contribution in [-0.4, -0.2) is 23.6 Å². The largest absolute Gasteiger partial charge is 0.378 e. The van der Waals surface area contributed by atoms with E-state index in [0.29, 0.717) is 5.39 Å². The number of rotatable bonds is 2. The monoisotopic (exact) mass is 367 g/mol. The van der Waals surface area contributed by atoms with Gasteiger partial charge in [0.2, 0.25) is 0 Å². The fourth-order valence-electron chi connectivity index (χ4n) is 4.29. The van der Waals surface area contributed by atoms with Gasteiger partial charge in [0.25, 0.3) is 5.56 Å². The molecule has 1 aliphatic rings. The average Bonchev–Trinajstić information content (AvgIpc) is 3.02. The first-order chi connectivity index (χ1) is 13.6. The Morgan fingerprint density at radius 2 is 1.50 bits per heavy atom. The molecule has 0 radical (unpaired) electrons. The predicted octanol–water partition coefficient (Wildman–Crippen LogP) is 4.39. The first-order valence-corrected chi connectivity index (χ1v) is 9.44. The van der Waals surface area contributed by atoms with Crippen molar-refractivity contribution in [3.05, 3.63) is 94.0 Å². The number of aryl methyl sites for hydroxylation is 1. The third kappa shape index (κ3) is 2.31. The Hall–Kier alpha value is -3.40. The van der Waals surface area contributed by atoms with Crippen molar-refractivity contribution in [2.24, 2.45) is 0 Å². The zero-order valence-corrected chi connectivity index (χ0v) is 16.2. The van der Waals surface area contributed by atoms with Crippen LogP contribution in [0.15, 0.2) is 71.5 Å². The minimum absolute atomic E-state index is 0.00251. The highest BCUT2D eigenvalue weighted by Gasteiger charge is 2.31. The molecule has 0 saturated heterocycles. The molecule has 5 rings (SSSR count). The molecule has 0 fully saturated rings. The summed E-state index contributed by atoms with van der Waals surface area (Å²) in [5.74, 6) is 0.728. The quantitative estimate of drug-likeness (QED) is 0.464. The molecular weight excluding hydrogens is 346 g/mol. The van der Waals surface area contributed by atoms with E-state index in [2.05, 4.69) is 36.4 Å². The van der Waals surface area contributed by atoms with E-state index in [9.17, 15) is 4.79 Å². The van der Waals surface area contributed by atoms with Crippen LogP contribution >= 0.6 is 0 Å². The first-order valence-electron chi connectivity index (χ1n) is 9.44. The van der Waals surface area contributed by atoms with Crippen LogP contribution in [-0.2, 0) is 0 Å². The second-order valence-corrected chi connectivity index (χ2v) is 7.51. The van der Waals surface area contributed by atoms with Gasteiger partial charge in [-0.25, -0.2) is 4.98 Å². The number of nitrogens with zero attached hydrogens (tertiary/aromatic N) is 3. The minimum atomic E-state index is -0.153. The molecule has 28 heavy (non-hydrogen) atoms. The second-order valence-electron chi connectivity index (χ2n) is 7.51. The lowest BCUT2D eigenvalue weighted by Gasteiger charge is -2.21. The van der Waals surface area contributed by atoms with E-state index in [-0.39, 0.29) is 11.6 Å². The predicted molar refractivity (Wildman–Crippen MR) is 114 cm³/mol. The van der Waals surface area contributed by atoms with Crippen molar-refractivity contribution in [1.82, 2.24) is 9.55 Å². The van der Waals surface area contributed by atoms with E-state index in [1.165, 1.54) is 11.1 Å². The molecule has 0 N–H and O–H groups in total. The van der Waals surface area contributed by atoms with Crippen molar-refractivity contribution in [2.75, 3.05) is 19.0 Å². The maximum atomic E-state index is 13.6. The van der Waals surface area contributed by atoms with Crippen LogP contribution < -0.4 is 10.5 Å². The molecule has 0 amide bonds. The summed E-state index contributed by atoms with van der Waals surface area (Å²) < 4.78 is 1.85. The van der Waals surface area contributed by atoms with E-state index >= 15 is 0 Å². The van der Waals surface area contributed by atoms with Gasteiger partial charge in [-0.15, -0.1) is 0 Å². The van der Waals surface area contributed by atoms with Crippen LogP contribution in [0.1, 0.15) is 23.0 Å². The molecule has 4 aromatic rings. The Kier molecular flexibility index (Phi) is 3.63. The maximum Gasteiger partial charge on any atom is 0.262 e. The highest BCUT2D eigenvalue weighted by Crippen LogP contribution is 2.45. The minimum Gasteiger partial charge on any atom is -0.378 e. The Bertz CT molecular complexity index is 1240. The van der Waals surface area contributed by atoms with E-state index in [0.717, 1.165) is 28.2 Å². The van der Waals surface area contributed by atoms with Crippen molar-refractivity contribution in [3.63, 3.8) is 0 Å². The van der Waals surface area contributed by atoms with Gasteiger partial charge in [0, 0.05) is 19.8 Å². The summed E-state index contributed by atoms with van der Waals surface area (Å²) in [7, 11) is 3.95. The van der Waals surface area contributed by atoms with Crippen LogP contribution in [0.4, 0.5) is 5.69 Å². The molecule has 0 bridgehead atoms. The third-order valence-electron chi connectivity index (χ3n) is 5.64. The molecular formula is C24H21N3O. The highest BCUT2D eigenvalue weighted by molar-refractivity contribution is 5.83. The summed E-state index contributed by atoms with van der Waals surface area (Å²) >= 11 is 0. The van der Waals surface area contributed by atoms with Crippen molar-refractivity contribution >= 4 is 16.6 Å². The number of anilines is 1. The Morgan fingerprint density at radius 1 is 0.893 bits per heavy atom. The Morgan fingerprint density at radius 3 is 2.11 bits per heavy atom. The fourth-order valence-corrected chi connectivity index (χ4v) is 4.29. The number of hydrogen-bond donors (Lipinski definition) is 0. The molecule has 4 nitrogen and oxygen atoms in total. The molecule has 3 aromatic carbocycles. The zero-order valence-electron chi connectivity index (χ0n) is 16.2. The van der Waals surface area contributed by atoms with Gasteiger partial charge in [0.05, 0.1) is 16.9 Å². The van der Waals surface area contributed by atoms with Crippen LogP contribution in [0.5, 0.6) is 0 Å². The second kappa shape index (κ2) is 6.06. The Labute approximate surface area is 163 Å². The van der Waals surface area contributed by atoms with Gasteiger partial charge in [0.1, 0.15) is 5.82 Å². The van der Waals surface area contributed by atoms with E-state index in [1.807, 2.05) is 60.8 Å². The van der Waals surface area contributed by atoms with Crippen molar-refractivity contribution in [2.45, 2.75) is 13.0 Å². The topological polar surface area (TPSA) is 38.1 Å². The SMILES string of the molecule is Cc1nc2ccc(N(C)C)cc2c(=O)n1C1c2ccccc2-c2ccccc21. The summed E-state index contributed by atoms with van der Waals surface area (Å²) in [6.45, 7) is 1.92. The fraction of sp³-hybridized carbons (Fsp3) is 0.167. The Balaban J connectivity index is 1.83. The summed E-state index contributed by atoms with van der Waals surface area (Å²) in [4.78, 5) is 20.4. The summed E-state index contributed by atoms with van der Waals surface area (Å²) in [5.41, 5.74) is 6.42. The van der Waals surface area contributed by atoms with Crippen LogP contribution in [0.3, 0.4) is 0 Å². The smallest absolute Gasteiger partial charge is 0.262 e. The van der Waals surface area contributed by atoms with Gasteiger partial charge in [-0.05, 0) is 47.4 Å². The maximum absolute atomic E-state index is 13.6. The van der Waals surface area contributed by atoms with Gasteiger partial charge >= 0.3 is 0 Å². The lowest BCUT2D eigenvalue weighted by atomic mass is 10.0. The summed E-state index contributed by atoms with van der Waals surface area (Å²) in [6, 6.07) is 22.4. The van der Waals surface area contributed by atoms with Crippen molar-refractivity contribution in [1.29, 1.82) is 0 Å². The number of benzene rings is 3. The lowest BCUT2D eigenvalue weighted by Crippen LogP contribution is -2.28. The average molecular weight is 367 g/mol. The van der Waals surface area contributed by atoms with Gasteiger partial charge in [-0.3, -0.25) is 9.36 Å². The van der Waals surface area contributed by atoms with Gasteiger partial charge in [0.15, 0.2) is 0 Å². The van der Waals surface area contributed by atoms with Gasteiger partial charge in [-0.1, -0.05) is 48.5 Å². The number of hydrogen-bond acceptors (Lipinski definition) is 3. The van der Waals surface area contributed by atoms with Crippen LogP contribution in [0.25, 0.3) is 22.0 Å². The van der Waals surface area contributed by atoms with Crippen molar-refractivity contribution < 1.29 is 0 Å². The molecule has 0 aliphatic heterocycles. The van der Waals surface area contributed by atoms with Crippen molar-refractivity contribution in [3.8, 4) is 11.1 Å². The van der Waals surface area contributed by atoms with E-state index in [1.54, 1.807) is 0 Å². The summed E-state index contributed by atoms with van der Waals surface area (Å²) in [5, 5.41) is 0.652. The standard InChI is InChI=1S/C24H21N3O/c1-15-25-22-13-12-16(26(2)3)14-21(22)24(28)27(15)23-19-10-6-4-8-17(19)18-9-5-7-11-20(18)23/h4-14,23H,1-3H3. The number of aromatic nitrogens is 2. The van der Waals surface area contributed by atoms with Crippen LogP contribution in [0.2, 0.25) is 0 Å². The molecule has 1 heterocycles. The highest BCUT2D eigenvalue weighted by atomic mass is 16.1. The van der Waals surface area contributed by atoms with E-state index < -0.39 is 0 Å². The van der Waals surface area contributed by atoms with Gasteiger partial charge < -0.3 is 4.90 Å². The summed E-state index contributed by atoms with van der Waals surface area (Å²) in [6.07, 6.45) is 0. The third-order valence-corrected chi connectivity index (χ3v) is 5.64. The molecule has 0 unspecified atom stereocenters. The van der Waals surface area contributed by atoms with Crippen LogP contribution in [0, 0.1) is 6.92 Å². The zero-order chi connectivity index (χ0) is 19.4. The van der Waals surface area contributed by atoms with E-state index in [4.69, 9.17) is 4.98 Å². The molecule has 0 atom stereocenters. The lowest BCUT2D eigenvalue weighted by molar-refractivity contribution is 0.631. The number of fused-ring (bicyclic) bond motifs is 4.